The molecular formula is C9H15N5O. The van der Waals surface area contributed by atoms with Gasteiger partial charge in [-0.25, -0.2) is 4.98 Å². The summed E-state index contributed by atoms with van der Waals surface area (Å²) in [6.45, 7) is 3.68. The van der Waals surface area contributed by atoms with Gasteiger partial charge in [0, 0.05) is 6.04 Å². The lowest BCUT2D eigenvalue weighted by Crippen LogP contribution is -2.43. The van der Waals surface area contributed by atoms with Crippen LogP contribution in [-0.2, 0) is 0 Å². The first-order valence-corrected chi connectivity index (χ1v) is 5.16. The topological polar surface area (TPSA) is 82.7 Å². The minimum atomic E-state index is -0.189. The largest absolute Gasteiger partial charge is 0.346 e. The number of H-pyrrole nitrogens is 1. The lowest BCUT2D eigenvalue weighted by Gasteiger charge is -2.22. The maximum atomic E-state index is 11.6. The van der Waals surface area contributed by atoms with Gasteiger partial charge < -0.3 is 10.6 Å². The van der Waals surface area contributed by atoms with E-state index in [1.165, 1.54) is 0 Å². The molecule has 15 heavy (non-hydrogen) atoms. The zero-order valence-corrected chi connectivity index (χ0v) is 8.71. The summed E-state index contributed by atoms with van der Waals surface area (Å²) in [4.78, 5) is 15.6. The molecule has 0 aromatic carbocycles. The number of carbonyl (C=O) groups excluding carboxylic acids is 1. The summed E-state index contributed by atoms with van der Waals surface area (Å²) in [6, 6.07) is 0.248. The van der Waals surface area contributed by atoms with Gasteiger partial charge in [0.1, 0.15) is 5.82 Å². The molecule has 0 unspecified atom stereocenters. The molecule has 0 spiro atoms. The first-order valence-electron chi connectivity index (χ1n) is 5.16. The van der Waals surface area contributed by atoms with Crippen LogP contribution in [0.3, 0.4) is 0 Å². The van der Waals surface area contributed by atoms with E-state index >= 15 is 0 Å². The molecule has 1 aromatic rings. The molecule has 1 saturated heterocycles. The van der Waals surface area contributed by atoms with Crippen molar-refractivity contribution in [3.63, 3.8) is 0 Å². The fraction of sp³-hybridized carbons (Fsp3) is 0.667. The number of rotatable bonds is 2. The van der Waals surface area contributed by atoms with Crippen LogP contribution in [-0.4, -0.2) is 40.2 Å². The number of amides is 1. The Balaban J connectivity index is 1.91. The van der Waals surface area contributed by atoms with Gasteiger partial charge in [-0.3, -0.25) is 9.89 Å². The van der Waals surface area contributed by atoms with Gasteiger partial charge in [-0.1, -0.05) is 0 Å². The summed E-state index contributed by atoms with van der Waals surface area (Å²) >= 11 is 0. The molecule has 3 N–H and O–H groups in total. The maximum Gasteiger partial charge on any atom is 0.291 e. The molecule has 2 rings (SSSR count). The number of aryl methyl sites for hydroxylation is 1. The van der Waals surface area contributed by atoms with E-state index in [0.717, 1.165) is 25.9 Å². The van der Waals surface area contributed by atoms with Gasteiger partial charge in [-0.05, 0) is 32.9 Å². The Hall–Kier alpha value is -1.43. The average Bonchev–Trinajstić information content (AvgIpc) is 2.66. The summed E-state index contributed by atoms with van der Waals surface area (Å²) < 4.78 is 0. The SMILES string of the molecule is Cc1nc(C(=O)NC2CCNCC2)n[nH]1. The summed E-state index contributed by atoms with van der Waals surface area (Å²) in [5.41, 5.74) is 0. The average molecular weight is 209 g/mol. The summed E-state index contributed by atoms with van der Waals surface area (Å²) in [6.07, 6.45) is 1.93. The monoisotopic (exact) mass is 209 g/mol. The second kappa shape index (κ2) is 4.39. The van der Waals surface area contributed by atoms with Gasteiger partial charge in [0.25, 0.3) is 5.91 Å². The van der Waals surface area contributed by atoms with Crippen LogP contribution in [0.1, 0.15) is 29.3 Å². The Kier molecular flexibility index (Phi) is 2.96. The highest BCUT2D eigenvalue weighted by Crippen LogP contribution is 2.02. The summed E-state index contributed by atoms with van der Waals surface area (Å²) in [5, 5.41) is 12.6. The third-order valence-corrected chi connectivity index (χ3v) is 2.47. The molecule has 2 heterocycles. The van der Waals surface area contributed by atoms with Crippen molar-refractivity contribution in [1.29, 1.82) is 0 Å². The molecule has 0 atom stereocenters. The van der Waals surface area contributed by atoms with Crippen molar-refractivity contribution in [2.24, 2.45) is 0 Å². The number of nitrogens with zero attached hydrogens (tertiary/aromatic N) is 2. The molecule has 6 nitrogen and oxygen atoms in total. The van der Waals surface area contributed by atoms with Gasteiger partial charge in [-0.15, -0.1) is 5.10 Å². The second-order valence-corrected chi connectivity index (χ2v) is 3.74. The van der Waals surface area contributed by atoms with E-state index in [-0.39, 0.29) is 17.8 Å². The highest BCUT2D eigenvalue weighted by atomic mass is 16.2. The second-order valence-electron chi connectivity index (χ2n) is 3.74. The maximum absolute atomic E-state index is 11.6. The lowest BCUT2D eigenvalue weighted by molar-refractivity contribution is 0.0919. The van der Waals surface area contributed by atoms with E-state index in [2.05, 4.69) is 25.8 Å². The number of piperidine rings is 1. The lowest BCUT2D eigenvalue weighted by atomic mass is 10.1. The number of aromatic amines is 1. The number of aromatic nitrogens is 3. The molecule has 1 amide bonds. The Bertz CT molecular complexity index is 342. The van der Waals surface area contributed by atoms with Crippen LogP contribution in [0.15, 0.2) is 0 Å². The number of nitrogens with one attached hydrogen (secondary N) is 3. The summed E-state index contributed by atoms with van der Waals surface area (Å²) in [7, 11) is 0. The third-order valence-electron chi connectivity index (χ3n) is 2.47. The minimum absolute atomic E-state index is 0.189. The van der Waals surface area contributed by atoms with Crippen molar-refractivity contribution in [2.75, 3.05) is 13.1 Å². The minimum Gasteiger partial charge on any atom is -0.346 e. The van der Waals surface area contributed by atoms with Crippen molar-refractivity contribution in [3.8, 4) is 0 Å². The molecule has 1 aliphatic heterocycles. The van der Waals surface area contributed by atoms with E-state index in [0.29, 0.717) is 5.82 Å². The third kappa shape index (κ3) is 2.53. The van der Waals surface area contributed by atoms with Gasteiger partial charge in [0.05, 0.1) is 0 Å². The van der Waals surface area contributed by atoms with Crippen LogP contribution < -0.4 is 10.6 Å². The smallest absolute Gasteiger partial charge is 0.291 e. The van der Waals surface area contributed by atoms with E-state index in [1.54, 1.807) is 6.92 Å². The van der Waals surface area contributed by atoms with E-state index in [1.807, 2.05) is 0 Å². The highest BCUT2D eigenvalue weighted by molar-refractivity contribution is 5.90. The van der Waals surface area contributed by atoms with Crippen LogP contribution in [0.5, 0.6) is 0 Å². The van der Waals surface area contributed by atoms with E-state index < -0.39 is 0 Å². The Morgan fingerprint density at radius 3 is 2.80 bits per heavy atom. The Morgan fingerprint density at radius 2 is 2.20 bits per heavy atom. The van der Waals surface area contributed by atoms with Crippen LogP contribution in [0.25, 0.3) is 0 Å². The van der Waals surface area contributed by atoms with Crippen molar-refractivity contribution < 1.29 is 4.79 Å². The fourth-order valence-electron chi connectivity index (χ4n) is 1.66. The predicted molar refractivity (Wildman–Crippen MR) is 54.5 cm³/mol. The van der Waals surface area contributed by atoms with E-state index in [4.69, 9.17) is 0 Å². The zero-order chi connectivity index (χ0) is 10.7. The molecule has 1 aliphatic rings. The fourth-order valence-corrected chi connectivity index (χ4v) is 1.66. The number of carbonyl (C=O) groups is 1. The number of hydrogen-bond donors (Lipinski definition) is 3. The van der Waals surface area contributed by atoms with Crippen LogP contribution in [0.4, 0.5) is 0 Å². The first-order chi connectivity index (χ1) is 7.25. The standard InChI is InChI=1S/C9H15N5O/c1-6-11-8(14-13-6)9(15)12-7-2-4-10-5-3-7/h7,10H,2-5H2,1H3,(H,12,15)(H,11,13,14). The van der Waals surface area contributed by atoms with Crippen LogP contribution in [0.2, 0.25) is 0 Å². The van der Waals surface area contributed by atoms with Gasteiger partial charge in [0.2, 0.25) is 5.82 Å². The first kappa shape index (κ1) is 10.1. The molecule has 0 aliphatic carbocycles. The van der Waals surface area contributed by atoms with Crippen molar-refractivity contribution in [3.05, 3.63) is 11.6 Å². The number of hydrogen-bond acceptors (Lipinski definition) is 4. The van der Waals surface area contributed by atoms with Crippen molar-refractivity contribution in [2.45, 2.75) is 25.8 Å². The van der Waals surface area contributed by atoms with Crippen molar-refractivity contribution >= 4 is 5.91 Å². The van der Waals surface area contributed by atoms with Gasteiger partial charge in [0.15, 0.2) is 0 Å². The normalized spacial score (nSPS) is 17.7. The van der Waals surface area contributed by atoms with Crippen LogP contribution >= 0.6 is 0 Å². The molecule has 0 bridgehead atoms. The van der Waals surface area contributed by atoms with Gasteiger partial charge in [-0.2, -0.15) is 0 Å². The quantitative estimate of drug-likeness (QED) is 0.618. The summed E-state index contributed by atoms with van der Waals surface area (Å²) in [5.74, 6) is 0.697. The molecule has 1 aromatic heterocycles. The molecule has 1 fully saturated rings. The Labute approximate surface area is 87.9 Å². The zero-order valence-electron chi connectivity index (χ0n) is 8.71. The predicted octanol–water partition coefficient (Wildman–Crippen LogP) is -0.405. The highest BCUT2D eigenvalue weighted by Gasteiger charge is 2.18. The van der Waals surface area contributed by atoms with Crippen LogP contribution in [0, 0.1) is 6.92 Å². The molecule has 82 valence electrons. The molecule has 0 radical (unpaired) electrons. The Morgan fingerprint density at radius 1 is 1.47 bits per heavy atom. The molecule has 6 heteroatoms. The van der Waals surface area contributed by atoms with Gasteiger partial charge >= 0.3 is 0 Å². The molecule has 0 saturated carbocycles. The van der Waals surface area contributed by atoms with Crippen molar-refractivity contribution in [1.82, 2.24) is 25.8 Å². The molecular weight excluding hydrogens is 194 g/mol. The van der Waals surface area contributed by atoms with E-state index in [9.17, 15) is 4.79 Å².